The van der Waals surface area contributed by atoms with Gasteiger partial charge in [0.05, 0.1) is 6.04 Å². The fraction of sp³-hybridized carbons (Fsp3) is 0.353. The maximum Gasteiger partial charge on any atom is 0.244 e. The summed E-state index contributed by atoms with van der Waals surface area (Å²) in [4.78, 5) is 11.6. The molecule has 1 amide bonds. The first-order valence-electron chi connectivity index (χ1n) is 6.74. The van der Waals surface area contributed by atoms with E-state index in [0.29, 0.717) is 5.92 Å². The predicted octanol–water partition coefficient (Wildman–Crippen LogP) is 4.12. The Balaban J connectivity index is 2.62. The number of carbonyl (C=O) groups is 1. The molecule has 1 aromatic carbocycles. The van der Waals surface area contributed by atoms with Crippen LogP contribution in [0.2, 0.25) is 0 Å². The maximum absolute atomic E-state index is 11.6. The molecule has 1 N–H and O–H groups in total. The number of amides is 1. The third-order valence-corrected chi connectivity index (χ3v) is 3.01. The van der Waals surface area contributed by atoms with Crippen LogP contribution in [0.5, 0.6) is 0 Å². The van der Waals surface area contributed by atoms with Crippen LogP contribution < -0.4 is 5.32 Å². The highest BCUT2D eigenvalue weighted by atomic mass is 16.1. The SMILES string of the molecule is C/C=C/C=C/C(=O)NC(C)c1ccc(C(C)C)cc1. The Morgan fingerprint density at radius 2 is 1.63 bits per heavy atom. The third-order valence-electron chi connectivity index (χ3n) is 3.01. The summed E-state index contributed by atoms with van der Waals surface area (Å²) < 4.78 is 0. The molecule has 0 heterocycles. The second-order valence-electron chi connectivity index (χ2n) is 4.94. The number of hydrogen-bond acceptors (Lipinski definition) is 1. The molecule has 1 atom stereocenters. The van der Waals surface area contributed by atoms with Crippen molar-refractivity contribution >= 4 is 5.91 Å². The van der Waals surface area contributed by atoms with Crippen molar-refractivity contribution in [2.45, 2.75) is 39.7 Å². The number of hydrogen-bond donors (Lipinski definition) is 1. The summed E-state index contributed by atoms with van der Waals surface area (Å²) >= 11 is 0. The van der Waals surface area contributed by atoms with Crippen LogP contribution in [0.3, 0.4) is 0 Å². The molecule has 0 bridgehead atoms. The van der Waals surface area contributed by atoms with E-state index in [2.05, 4.69) is 43.4 Å². The summed E-state index contributed by atoms with van der Waals surface area (Å²) in [5.41, 5.74) is 2.44. The van der Waals surface area contributed by atoms with Crippen LogP contribution in [0.4, 0.5) is 0 Å². The van der Waals surface area contributed by atoms with Gasteiger partial charge in [0.15, 0.2) is 0 Å². The second-order valence-corrected chi connectivity index (χ2v) is 4.94. The highest BCUT2D eigenvalue weighted by Gasteiger charge is 2.07. The van der Waals surface area contributed by atoms with Crippen molar-refractivity contribution in [3.05, 3.63) is 59.7 Å². The fourth-order valence-electron chi connectivity index (χ4n) is 1.77. The Morgan fingerprint density at radius 1 is 1.05 bits per heavy atom. The normalized spacial score (nSPS) is 13.3. The Morgan fingerprint density at radius 3 is 2.16 bits per heavy atom. The monoisotopic (exact) mass is 257 g/mol. The van der Waals surface area contributed by atoms with E-state index in [-0.39, 0.29) is 11.9 Å². The van der Waals surface area contributed by atoms with Crippen molar-refractivity contribution in [1.82, 2.24) is 5.32 Å². The van der Waals surface area contributed by atoms with Crippen LogP contribution in [0, 0.1) is 0 Å². The lowest BCUT2D eigenvalue weighted by atomic mass is 9.99. The summed E-state index contributed by atoms with van der Waals surface area (Å²) in [6.07, 6.45) is 7.00. The van der Waals surface area contributed by atoms with Crippen LogP contribution in [-0.4, -0.2) is 5.91 Å². The molecule has 0 spiro atoms. The molecular weight excluding hydrogens is 234 g/mol. The Kier molecular flexibility index (Phi) is 6.07. The van der Waals surface area contributed by atoms with Gasteiger partial charge in [-0.2, -0.15) is 0 Å². The molecule has 1 aromatic rings. The average Bonchev–Trinajstić information content (AvgIpc) is 2.39. The lowest BCUT2D eigenvalue weighted by Crippen LogP contribution is -2.24. The van der Waals surface area contributed by atoms with Crippen molar-refractivity contribution in [3.8, 4) is 0 Å². The summed E-state index contributed by atoms with van der Waals surface area (Å²) in [5.74, 6) is 0.459. The molecule has 19 heavy (non-hydrogen) atoms. The molecule has 0 saturated carbocycles. The molecular formula is C17H23NO. The zero-order chi connectivity index (χ0) is 14.3. The van der Waals surface area contributed by atoms with Gasteiger partial charge in [0.1, 0.15) is 0 Å². The summed E-state index contributed by atoms with van der Waals surface area (Å²) in [6, 6.07) is 8.42. The van der Waals surface area contributed by atoms with E-state index in [4.69, 9.17) is 0 Å². The van der Waals surface area contributed by atoms with Gasteiger partial charge in [0, 0.05) is 6.08 Å². The molecule has 0 aliphatic rings. The third kappa shape index (κ3) is 5.12. The van der Waals surface area contributed by atoms with E-state index >= 15 is 0 Å². The van der Waals surface area contributed by atoms with Crippen molar-refractivity contribution in [2.75, 3.05) is 0 Å². The van der Waals surface area contributed by atoms with Gasteiger partial charge in [0.2, 0.25) is 5.91 Å². The van der Waals surface area contributed by atoms with Crippen molar-refractivity contribution in [2.24, 2.45) is 0 Å². The molecule has 0 aliphatic carbocycles. The summed E-state index contributed by atoms with van der Waals surface area (Å²) in [5, 5.41) is 2.94. The van der Waals surface area contributed by atoms with E-state index in [0.717, 1.165) is 5.56 Å². The lowest BCUT2D eigenvalue weighted by Gasteiger charge is -2.14. The minimum Gasteiger partial charge on any atom is -0.346 e. The maximum atomic E-state index is 11.6. The molecule has 2 heteroatoms. The van der Waals surface area contributed by atoms with Crippen LogP contribution in [0.1, 0.15) is 50.8 Å². The molecule has 2 nitrogen and oxygen atoms in total. The zero-order valence-corrected chi connectivity index (χ0v) is 12.2. The van der Waals surface area contributed by atoms with E-state index < -0.39 is 0 Å². The van der Waals surface area contributed by atoms with Crippen LogP contribution in [0.25, 0.3) is 0 Å². The van der Waals surface area contributed by atoms with Gasteiger partial charge in [-0.3, -0.25) is 4.79 Å². The first-order chi connectivity index (χ1) is 9.04. The van der Waals surface area contributed by atoms with Crippen molar-refractivity contribution < 1.29 is 4.79 Å². The van der Waals surface area contributed by atoms with Gasteiger partial charge >= 0.3 is 0 Å². The molecule has 0 fully saturated rings. The quantitative estimate of drug-likeness (QED) is 0.624. The molecule has 102 valence electrons. The standard InChI is InChI=1S/C17H23NO/c1-5-6-7-8-17(19)18-14(4)16-11-9-15(10-12-16)13(2)3/h5-14H,1-4H3,(H,18,19)/b6-5+,8-7+. The smallest absolute Gasteiger partial charge is 0.244 e. The predicted molar refractivity (Wildman–Crippen MR) is 81.0 cm³/mol. The number of nitrogens with one attached hydrogen (secondary N) is 1. The number of carbonyl (C=O) groups excluding carboxylic acids is 1. The van der Waals surface area contributed by atoms with E-state index in [1.165, 1.54) is 5.56 Å². The summed E-state index contributed by atoms with van der Waals surface area (Å²) in [7, 11) is 0. The van der Waals surface area contributed by atoms with Gasteiger partial charge in [-0.25, -0.2) is 0 Å². The molecule has 1 rings (SSSR count). The van der Waals surface area contributed by atoms with Crippen LogP contribution in [0.15, 0.2) is 48.6 Å². The minimum atomic E-state index is -0.0708. The van der Waals surface area contributed by atoms with E-state index in [1.54, 1.807) is 12.2 Å². The first-order valence-corrected chi connectivity index (χ1v) is 6.74. The Hall–Kier alpha value is -1.83. The number of rotatable bonds is 5. The number of benzene rings is 1. The van der Waals surface area contributed by atoms with Gasteiger partial charge in [0.25, 0.3) is 0 Å². The van der Waals surface area contributed by atoms with E-state index in [9.17, 15) is 4.79 Å². The average molecular weight is 257 g/mol. The Bertz CT molecular complexity index is 455. The van der Waals surface area contributed by atoms with E-state index in [1.807, 2.05) is 26.0 Å². The Labute approximate surface area is 116 Å². The lowest BCUT2D eigenvalue weighted by molar-refractivity contribution is -0.117. The van der Waals surface area contributed by atoms with Gasteiger partial charge in [-0.05, 0) is 30.9 Å². The largest absolute Gasteiger partial charge is 0.346 e. The van der Waals surface area contributed by atoms with Crippen molar-refractivity contribution in [1.29, 1.82) is 0 Å². The highest BCUT2D eigenvalue weighted by molar-refractivity contribution is 5.88. The fourth-order valence-corrected chi connectivity index (χ4v) is 1.77. The minimum absolute atomic E-state index is 0.0176. The topological polar surface area (TPSA) is 29.1 Å². The highest BCUT2D eigenvalue weighted by Crippen LogP contribution is 2.18. The van der Waals surface area contributed by atoms with Gasteiger partial charge in [-0.15, -0.1) is 0 Å². The molecule has 0 radical (unpaired) electrons. The van der Waals surface area contributed by atoms with Gasteiger partial charge < -0.3 is 5.32 Å². The second kappa shape index (κ2) is 7.57. The zero-order valence-electron chi connectivity index (χ0n) is 12.2. The number of allylic oxidation sites excluding steroid dienone is 3. The van der Waals surface area contributed by atoms with Crippen LogP contribution >= 0.6 is 0 Å². The first kappa shape index (κ1) is 15.2. The van der Waals surface area contributed by atoms with Gasteiger partial charge in [-0.1, -0.05) is 56.3 Å². The molecule has 0 saturated heterocycles. The molecule has 0 aromatic heterocycles. The van der Waals surface area contributed by atoms with Crippen LogP contribution in [-0.2, 0) is 4.79 Å². The molecule has 1 unspecified atom stereocenters. The molecule has 0 aliphatic heterocycles. The van der Waals surface area contributed by atoms with Crippen molar-refractivity contribution in [3.63, 3.8) is 0 Å². The summed E-state index contributed by atoms with van der Waals surface area (Å²) in [6.45, 7) is 8.26.